The molecule has 0 bridgehead atoms. The molecular formula is C21H26N2OS. The van der Waals surface area contributed by atoms with E-state index in [0.717, 1.165) is 31.5 Å². The van der Waals surface area contributed by atoms with Gasteiger partial charge in [0.05, 0.1) is 0 Å². The number of amides is 1. The molecule has 1 amide bonds. The van der Waals surface area contributed by atoms with E-state index in [9.17, 15) is 4.79 Å². The van der Waals surface area contributed by atoms with E-state index in [4.69, 9.17) is 0 Å². The van der Waals surface area contributed by atoms with Crippen LogP contribution in [-0.4, -0.2) is 30.5 Å². The summed E-state index contributed by atoms with van der Waals surface area (Å²) in [5, 5.41) is 3.03. The van der Waals surface area contributed by atoms with Crippen LogP contribution in [0.4, 0.5) is 5.69 Å². The van der Waals surface area contributed by atoms with Crippen molar-refractivity contribution in [2.75, 3.05) is 29.5 Å². The molecule has 0 radical (unpaired) electrons. The van der Waals surface area contributed by atoms with Crippen LogP contribution in [0.1, 0.15) is 24.0 Å². The highest BCUT2D eigenvalue weighted by molar-refractivity contribution is 7.99. The summed E-state index contributed by atoms with van der Waals surface area (Å²) in [5.74, 6) is 2.55. The molecule has 0 saturated carbocycles. The second kappa shape index (κ2) is 9.52. The third-order valence-electron chi connectivity index (χ3n) is 4.51. The molecule has 0 aromatic heterocycles. The fraction of sp³-hybridized carbons (Fsp3) is 0.381. The Morgan fingerprint density at radius 2 is 1.68 bits per heavy atom. The number of nitrogens with zero attached hydrogens (tertiary/aromatic N) is 1. The van der Waals surface area contributed by atoms with E-state index in [0.29, 0.717) is 13.0 Å². The first-order valence-corrected chi connectivity index (χ1v) is 10.2. The van der Waals surface area contributed by atoms with E-state index in [1.807, 2.05) is 30.0 Å². The summed E-state index contributed by atoms with van der Waals surface area (Å²) in [4.78, 5) is 14.4. The molecule has 1 fully saturated rings. The standard InChI is InChI=1S/C21H26N2OS/c24-21(8-4-7-18-5-2-1-3-6-18)22-17-19-9-11-20(12-10-19)23-13-15-25-16-14-23/h1-3,5-6,9-12H,4,7-8,13-17H2,(H,22,24). The van der Waals surface area contributed by atoms with Crippen LogP contribution in [0, 0.1) is 0 Å². The average molecular weight is 355 g/mol. The molecule has 1 heterocycles. The summed E-state index contributed by atoms with van der Waals surface area (Å²) in [5.41, 5.74) is 3.74. The second-order valence-electron chi connectivity index (χ2n) is 6.38. The van der Waals surface area contributed by atoms with Gasteiger partial charge in [0, 0.05) is 43.2 Å². The molecule has 3 nitrogen and oxygen atoms in total. The van der Waals surface area contributed by atoms with Crippen LogP contribution in [0.3, 0.4) is 0 Å². The Morgan fingerprint density at radius 3 is 2.40 bits per heavy atom. The maximum absolute atomic E-state index is 12.0. The summed E-state index contributed by atoms with van der Waals surface area (Å²) in [7, 11) is 0. The van der Waals surface area contributed by atoms with Crippen molar-refractivity contribution in [3.05, 3.63) is 65.7 Å². The van der Waals surface area contributed by atoms with Gasteiger partial charge in [0.1, 0.15) is 0 Å². The topological polar surface area (TPSA) is 32.3 Å². The minimum Gasteiger partial charge on any atom is -0.370 e. The molecule has 0 aliphatic carbocycles. The zero-order valence-corrected chi connectivity index (χ0v) is 15.4. The van der Waals surface area contributed by atoms with Gasteiger partial charge in [-0.3, -0.25) is 4.79 Å². The monoisotopic (exact) mass is 354 g/mol. The molecule has 1 aliphatic rings. The van der Waals surface area contributed by atoms with Crippen LogP contribution in [0.15, 0.2) is 54.6 Å². The first-order chi connectivity index (χ1) is 12.3. The van der Waals surface area contributed by atoms with E-state index in [2.05, 4.69) is 46.6 Å². The minimum atomic E-state index is 0.132. The molecule has 1 N–H and O–H groups in total. The van der Waals surface area contributed by atoms with E-state index in [1.165, 1.54) is 22.8 Å². The highest BCUT2D eigenvalue weighted by Gasteiger charge is 2.10. The van der Waals surface area contributed by atoms with Gasteiger partial charge in [-0.25, -0.2) is 0 Å². The third kappa shape index (κ3) is 5.82. The lowest BCUT2D eigenvalue weighted by Gasteiger charge is -2.28. The van der Waals surface area contributed by atoms with Gasteiger partial charge >= 0.3 is 0 Å². The predicted octanol–water partition coefficient (Wildman–Crippen LogP) is 3.88. The number of benzene rings is 2. The number of aryl methyl sites for hydroxylation is 1. The van der Waals surface area contributed by atoms with E-state index >= 15 is 0 Å². The molecular weight excluding hydrogens is 328 g/mol. The number of hydrogen-bond acceptors (Lipinski definition) is 3. The van der Waals surface area contributed by atoms with Gasteiger partial charge in [-0.1, -0.05) is 42.5 Å². The van der Waals surface area contributed by atoms with Crippen molar-refractivity contribution >= 4 is 23.4 Å². The van der Waals surface area contributed by atoms with Gasteiger partial charge in [0.25, 0.3) is 0 Å². The molecule has 132 valence electrons. The van der Waals surface area contributed by atoms with E-state index in [-0.39, 0.29) is 5.91 Å². The quantitative estimate of drug-likeness (QED) is 0.819. The number of thioether (sulfide) groups is 1. The van der Waals surface area contributed by atoms with Crippen LogP contribution in [0.25, 0.3) is 0 Å². The SMILES string of the molecule is O=C(CCCc1ccccc1)NCc1ccc(N2CCSCC2)cc1. The summed E-state index contributed by atoms with van der Waals surface area (Å²) in [6.07, 6.45) is 2.43. The minimum absolute atomic E-state index is 0.132. The highest BCUT2D eigenvalue weighted by atomic mass is 32.2. The number of nitrogens with one attached hydrogen (secondary N) is 1. The molecule has 0 unspecified atom stereocenters. The Balaban J connectivity index is 1.38. The number of anilines is 1. The number of hydrogen-bond donors (Lipinski definition) is 1. The van der Waals surface area contributed by atoms with Gasteiger partial charge in [-0.05, 0) is 36.1 Å². The summed E-state index contributed by atoms with van der Waals surface area (Å²) in [6, 6.07) is 18.9. The molecule has 3 rings (SSSR count). The van der Waals surface area contributed by atoms with Crippen molar-refractivity contribution in [1.82, 2.24) is 5.32 Å². The van der Waals surface area contributed by atoms with Crippen molar-refractivity contribution in [2.24, 2.45) is 0 Å². The van der Waals surface area contributed by atoms with Gasteiger partial charge in [-0.2, -0.15) is 11.8 Å². The maximum atomic E-state index is 12.0. The van der Waals surface area contributed by atoms with Crippen molar-refractivity contribution in [3.63, 3.8) is 0 Å². The number of carbonyl (C=O) groups is 1. The lowest BCUT2D eigenvalue weighted by atomic mass is 10.1. The summed E-state index contributed by atoms with van der Waals surface area (Å²) < 4.78 is 0. The zero-order valence-electron chi connectivity index (χ0n) is 14.6. The summed E-state index contributed by atoms with van der Waals surface area (Å²) in [6.45, 7) is 2.87. The molecule has 25 heavy (non-hydrogen) atoms. The molecule has 2 aromatic rings. The van der Waals surface area contributed by atoms with E-state index < -0.39 is 0 Å². The van der Waals surface area contributed by atoms with Gasteiger partial charge in [0.15, 0.2) is 0 Å². The first kappa shape index (κ1) is 17.9. The lowest BCUT2D eigenvalue weighted by Crippen LogP contribution is -2.32. The summed E-state index contributed by atoms with van der Waals surface area (Å²) >= 11 is 2.02. The Labute approximate surface area is 154 Å². The van der Waals surface area contributed by atoms with Crippen molar-refractivity contribution < 1.29 is 4.79 Å². The largest absolute Gasteiger partial charge is 0.370 e. The fourth-order valence-corrected chi connectivity index (χ4v) is 3.94. The third-order valence-corrected chi connectivity index (χ3v) is 5.46. The number of carbonyl (C=O) groups excluding carboxylic acids is 1. The zero-order chi connectivity index (χ0) is 17.3. The molecule has 0 spiro atoms. The Bertz CT molecular complexity index is 651. The molecule has 1 saturated heterocycles. The maximum Gasteiger partial charge on any atom is 0.220 e. The van der Waals surface area contributed by atoms with Crippen LogP contribution in [0.2, 0.25) is 0 Å². The van der Waals surface area contributed by atoms with E-state index in [1.54, 1.807) is 0 Å². The highest BCUT2D eigenvalue weighted by Crippen LogP contribution is 2.19. The Hall–Kier alpha value is -1.94. The molecule has 2 aromatic carbocycles. The van der Waals surface area contributed by atoms with Crippen LogP contribution < -0.4 is 10.2 Å². The second-order valence-corrected chi connectivity index (χ2v) is 7.61. The first-order valence-electron chi connectivity index (χ1n) is 9.03. The van der Waals surface area contributed by atoms with Gasteiger partial charge in [0.2, 0.25) is 5.91 Å². The Morgan fingerprint density at radius 1 is 0.960 bits per heavy atom. The molecule has 0 atom stereocenters. The van der Waals surface area contributed by atoms with Crippen LogP contribution in [-0.2, 0) is 17.8 Å². The lowest BCUT2D eigenvalue weighted by molar-refractivity contribution is -0.121. The van der Waals surface area contributed by atoms with Crippen LogP contribution in [0.5, 0.6) is 0 Å². The van der Waals surface area contributed by atoms with Crippen molar-refractivity contribution in [3.8, 4) is 0 Å². The van der Waals surface area contributed by atoms with Gasteiger partial charge < -0.3 is 10.2 Å². The molecule has 1 aliphatic heterocycles. The smallest absolute Gasteiger partial charge is 0.220 e. The average Bonchev–Trinajstić information content (AvgIpc) is 2.68. The Kier molecular flexibility index (Phi) is 6.80. The van der Waals surface area contributed by atoms with Crippen molar-refractivity contribution in [2.45, 2.75) is 25.8 Å². The number of rotatable bonds is 7. The fourth-order valence-electron chi connectivity index (χ4n) is 3.03. The van der Waals surface area contributed by atoms with Crippen LogP contribution >= 0.6 is 11.8 Å². The normalized spacial score (nSPS) is 14.3. The predicted molar refractivity (Wildman–Crippen MR) is 107 cm³/mol. The van der Waals surface area contributed by atoms with Gasteiger partial charge in [-0.15, -0.1) is 0 Å². The van der Waals surface area contributed by atoms with Crippen molar-refractivity contribution in [1.29, 1.82) is 0 Å². The molecule has 4 heteroatoms.